The number of anilines is 1. The number of para-hydroxylation sites is 2. The number of hydrogen-bond acceptors (Lipinski definition) is 4. The van der Waals surface area contributed by atoms with Crippen LogP contribution >= 0.6 is 12.2 Å². The minimum atomic E-state index is -0.356. The number of carbonyl (C=O) groups is 1. The predicted molar refractivity (Wildman–Crippen MR) is 120 cm³/mol. The topological polar surface area (TPSA) is 68.2 Å². The molecule has 0 aliphatic carbocycles. The highest BCUT2D eigenvalue weighted by atomic mass is 32.1. The fourth-order valence-corrected chi connectivity index (χ4v) is 3.05. The van der Waals surface area contributed by atoms with Gasteiger partial charge < -0.3 is 10.1 Å². The van der Waals surface area contributed by atoms with E-state index in [0.717, 1.165) is 11.4 Å². The third-order valence-electron chi connectivity index (χ3n) is 4.17. The zero-order valence-electron chi connectivity index (χ0n) is 15.9. The lowest BCUT2D eigenvalue weighted by Crippen LogP contribution is -2.35. The lowest BCUT2D eigenvalue weighted by molar-refractivity contribution is 0.0970. The van der Waals surface area contributed by atoms with Crippen LogP contribution in [0, 0.1) is 0 Å². The zero-order chi connectivity index (χ0) is 20.8. The average molecular weight is 414 g/mol. The summed E-state index contributed by atoms with van der Waals surface area (Å²) in [4.78, 5) is 12.7. The van der Waals surface area contributed by atoms with Crippen LogP contribution in [0.4, 0.5) is 5.69 Å². The molecule has 0 radical (unpaired) electrons. The summed E-state index contributed by atoms with van der Waals surface area (Å²) in [5, 5.41) is 10.1. The number of amides is 1. The Balaban J connectivity index is 1.41. The van der Waals surface area contributed by atoms with Crippen molar-refractivity contribution in [2.45, 2.75) is 0 Å². The van der Waals surface area contributed by atoms with Crippen molar-refractivity contribution in [2.75, 3.05) is 5.32 Å². The van der Waals surface area contributed by atoms with Gasteiger partial charge in [-0.15, -0.1) is 0 Å². The maximum absolute atomic E-state index is 12.7. The van der Waals surface area contributed by atoms with Crippen molar-refractivity contribution in [3.63, 3.8) is 0 Å². The van der Waals surface area contributed by atoms with Gasteiger partial charge in [0, 0.05) is 11.8 Å². The van der Waals surface area contributed by atoms with Gasteiger partial charge in [-0.1, -0.05) is 42.5 Å². The number of ether oxygens (including phenoxy) is 1. The highest BCUT2D eigenvalue weighted by Gasteiger charge is 2.14. The van der Waals surface area contributed by atoms with Gasteiger partial charge in [0.2, 0.25) is 0 Å². The maximum Gasteiger partial charge on any atom is 0.276 e. The van der Waals surface area contributed by atoms with Gasteiger partial charge in [-0.25, -0.2) is 4.68 Å². The second-order valence-electron chi connectivity index (χ2n) is 6.31. The van der Waals surface area contributed by atoms with Gasteiger partial charge in [-0.3, -0.25) is 10.1 Å². The summed E-state index contributed by atoms with van der Waals surface area (Å²) in [7, 11) is 0. The normalized spacial score (nSPS) is 10.3. The molecule has 0 aliphatic rings. The molecular weight excluding hydrogens is 396 g/mol. The smallest absolute Gasteiger partial charge is 0.276 e. The number of nitrogens with zero attached hydrogens (tertiary/aromatic N) is 2. The largest absolute Gasteiger partial charge is 0.457 e. The summed E-state index contributed by atoms with van der Waals surface area (Å²) in [6, 6.07) is 27.9. The Morgan fingerprint density at radius 2 is 1.57 bits per heavy atom. The van der Waals surface area contributed by atoms with Gasteiger partial charge in [-0.2, -0.15) is 5.10 Å². The Morgan fingerprint density at radius 3 is 2.33 bits per heavy atom. The van der Waals surface area contributed by atoms with E-state index < -0.39 is 0 Å². The molecule has 30 heavy (non-hydrogen) atoms. The van der Waals surface area contributed by atoms with Crippen molar-refractivity contribution in [1.29, 1.82) is 0 Å². The number of carbonyl (C=O) groups excluding carboxylic acids is 1. The minimum Gasteiger partial charge on any atom is -0.457 e. The molecule has 0 unspecified atom stereocenters. The molecule has 0 bridgehead atoms. The van der Waals surface area contributed by atoms with Gasteiger partial charge in [0.05, 0.1) is 11.9 Å². The number of rotatable bonds is 5. The highest BCUT2D eigenvalue weighted by molar-refractivity contribution is 7.80. The average Bonchev–Trinajstić information content (AvgIpc) is 3.25. The molecule has 3 aromatic carbocycles. The lowest BCUT2D eigenvalue weighted by atomic mass is 10.3. The van der Waals surface area contributed by atoms with Crippen LogP contribution < -0.4 is 15.4 Å². The molecule has 0 atom stereocenters. The third-order valence-corrected chi connectivity index (χ3v) is 4.38. The number of hydrogen-bond donors (Lipinski definition) is 2. The second-order valence-corrected chi connectivity index (χ2v) is 6.72. The standard InChI is InChI=1S/C23H18N4O2S/c28-22(21-14-15-24-27(21)18-9-3-1-4-10-18)26-23(30)25-17-8-7-13-20(16-17)29-19-11-5-2-6-12-19/h1-16H,(H2,25,26,28,30). The first-order valence-corrected chi connectivity index (χ1v) is 9.64. The van der Waals surface area contributed by atoms with Crippen LogP contribution in [0.15, 0.2) is 97.2 Å². The molecule has 6 nitrogen and oxygen atoms in total. The second kappa shape index (κ2) is 9.02. The monoisotopic (exact) mass is 414 g/mol. The first kappa shape index (κ1) is 19.4. The molecule has 2 N–H and O–H groups in total. The number of thiocarbonyl (C=S) groups is 1. The summed E-state index contributed by atoms with van der Waals surface area (Å²) >= 11 is 5.31. The van der Waals surface area contributed by atoms with Crippen molar-refractivity contribution in [3.05, 3.63) is 103 Å². The van der Waals surface area contributed by atoms with Gasteiger partial charge in [-0.05, 0) is 54.7 Å². The van der Waals surface area contributed by atoms with E-state index in [-0.39, 0.29) is 11.0 Å². The van der Waals surface area contributed by atoms with E-state index in [1.165, 1.54) is 0 Å². The SMILES string of the molecule is O=C(NC(=S)Nc1cccc(Oc2ccccc2)c1)c1ccnn1-c1ccccc1. The fraction of sp³-hybridized carbons (Fsp3) is 0. The van der Waals surface area contributed by atoms with Crippen LogP contribution in [0.25, 0.3) is 5.69 Å². The molecule has 0 saturated carbocycles. The molecule has 1 amide bonds. The van der Waals surface area contributed by atoms with E-state index in [9.17, 15) is 4.79 Å². The van der Waals surface area contributed by atoms with Crippen molar-refractivity contribution < 1.29 is 9.53 Å². The molecule has 4 aromatic rings. The van der Waals surface area contributed by atoms with Gasteiger partial charge >= 0.3 is 0 Å². The quantitative estimate of drug-likeness (QED) is 0.460. The molecule has 148 valence electrons. The molecule has 4 rings (SSSR count). The molecule has 0 saturated heterocycles. The summed E-state index contributed by atoms with van der Waals surface area (Å²) < 4.78 is 7.38. The van der Waals surface area contributed by atoms with Crippen LogP contribution in [0.3, 0.4) is 0 Å². The summed E-state index contributed by atoms with van der Waals surface area (Å²) in [5.41, 5.74) is 1.87. The van der Waals surface area contributed by atoms with Crippen LogP contribution in [-0.4, -0.2) is 20.8 Å². The van der Waals surface area contributed by atoms with E-state index in [2.05, 4.69) is 15.7 Å². The Bertz CT molecular complexity index is 1160. The summed E-state index contributed by atoms with van der Waals surface area (Å²) in [5.74, 6) is 1.03. The van der Waals surface area contributed by atoms with E-state index >= 15 is 0 Å². The van der Waals surface area contributed by atoms with Gasteiger partial charge in [0.25, 0.3) is 5.91 Å². The number of aromatic nitrogens is 2. The van der Waals surface area contributed by atoms with Crippen molar-refractivity contribution >= 4 is 28.9 Å². The van der Waals surface area contributed by atoms with Crippen LogP contribution in [0.2, 0.25) is 0 Å². The third kappa shape index (κ3) is 4.71. The number of nitrogens with one attached hydrogen (secondary N) is 2. The van der Waals surface area contributed by atoms with Crippen LogP contribution in [-0.2, 0) is 0 Å². The van der Waals surface area contributed by atoms with E-state index in [1.807, 2.05) is 78.9 Å². The zero-order valence-corrected chi connectivity index (χ0v) is 16.7. The lowest BCUT2D eigenvalue weighted by Gasteiger charge is -2.12. The molecule has 1 aromatic heterocycles. The maximum atomic E-state index is 12.7. The van der Waals surface area contributed by atoms with Gasteiger partial charge in [0.15, 0.2) is 5.11 Å². The molecular formula is C23H18N4O2S. The Morgan fingerprint density at radius 1 is 0.867 bits per heavy atom. The molecule has 0 fully saturated rings. The fourth-order valence-electron chi connectivity index (χ4n) is 2.84. The first-order chi connectivity index (χ1) is 14.7. The predicted octanol–water partition coefficient (Wildman–Crippen LogP) is 4.79. The van der Waals surface area contributed by atoms with Gasteiger partial charge in [0.1, 0.15) is 17.2 Å². The number of benzene rings is 3. The van der Waals surface area contributed by atoms with Crippen molar-refractivity contribution in [2.24, 2.45) is 0 Å². The molecule has 0 spiro atoms. The van der Waals surface area contributed by atoms with Crippen molar-refractivity contribution in [1.82, 2.24) is 15.1 Å². The summed E-state index contributed by atoms with van der Waals surface area (Å²) in [6.45, 7) is 0. The van der Waals surface area contributed by atoms with Crippen molar-refractivity contribution in [3.8, 4) is 17.2 Å². The van der Waals surface area contributed by atoms with E-state index in [0.29, 0.717) is 17.1 Å². The Hall–Kier alpha value is -3.97. The van der Waals surface area contributed by atoms with Crippen LogP contribution in [0.5, 0.6) is 11.5 Å². The Kier molecular flexibility index (Phi) is 5.82. The summed E-state index contributed by atoms with van der Waals surface area (Å²) in [6.07, 6.45) is 1.57. The van der Waals surface area contributed by atoms with Crippen LogP contribution in [0.1, 0.15) is 10.5 Å². The first-order valence-electron chi connectivity index (χ1n) is 9.24. The molecule has 0 aliphatic heterocycles. The minimum absolute atomic E-state index is 0.178. The molecule has 1 heterocycles. The highest BCUT2D eigenvalue weighted by Crippen LogP contribution is 2.23. The van der Waals surface area contributed by atoms with E-state index in [1.54, 1.807) is 23.0 Å². The Labute approximate surface area is 179 Å². The molecule has 7 heteroatoms. The van der Waals surface area contributed by atoms with E-state index in [4.69, 9.17) is 17.0 Å².